The molecule has 2 heterocycles. The number of amides is 1. The van der Waals surface area contributed by atoms with Crippen LogP contribution in [0.3, 0.4) is 0 Å². The lowest BCUT2D eigenvalue weighted by molar-refractivity contribution is 0.0312. The summed E-state index contributed by atoms with van der Waals surface area (Å²) in [5.41, 5.74) is 0.531. The van der Waals surface area contributed by atoms with Crippen LogP contribution in [0, 0.1) is 6.92 Å². The Balaban J connectivity index is 1.93. The molecule has 1 aliphatic heterocycles. The number of aliphatic hydroxyl groups is 1. The van der Waals surface area contributed by atoms with Crippen LogP contribution >= 0.6 is 23.1 Å². The van der Waals surface area contributed by atoms with Gasteiger partial charge in [-0.2, -0.15) is 11.8 Å². The van der Waals surface area contributed by atoms with Gasteiger partial charge < -0.3 is 10.4 Å². The molecule has 1 amide bonds. The van der Waals surface area contributed by atoms with Gasteiger partial charge in [-0.1, -0.05) is 6.92 Å². The van der Waals surface area contributed by atoms with E-state index in [1.807, 2.05) is 24.8 Å². The van der Waals surface area contributed by atoms with Crippen molar-refractivity contribution in [3.63, 3.8) is 0 Å². The average molecular weight is 299 g/mol. The van der Waals surface area contributed by atoms with Crippen molar-refractivity contribution < 1.29 is 9.90 Å². The van der Waals surface area contributed by atoms with Crippen LogP contribution in [-0.2, 0) is 6.42 Å². The van der Waals surface area contributed by atoms with Gasteiger partial charge in [-0.3, -0.25) is 4.79 Å². The van der Waals surface area contributed by atoms with E-state index in [1.54, 1.807) is 0 Å². The van der Waals surface area contributed by atoms with Gasteiger partial charge in [0.05, 0.1) is 10.5 Å². The smallest absolute Gasteiger partial charge is 0.261 e. The Hall–Kier alpha value is -0.520. The van der Waals surface area contributed by atoms with Crippen LogP contribution in [0.15, 0.2) is 6.07 Å². The highest BCUT2D eigenvalue weighted by molar-refractivity contribution is 7.99. The van der Waals surface area contributed by atoms with Crippen LogP contribution in [0.5, 0.6) is 0 Å². The second-order valence-corrected chi connectivity index (χ2v) is 7.55. The summed E-state index contributed by atoms with van der Waals surface area (Å²) < 4.78 is 0. The number of thioether (sulfide) groups is 1. The van der Waals surface area contributed by atoms with Crippen molar-refractivity contribution in [2.45, 2.75) is 38.7 Å². The second-order valence-electron chi connectivity index (χ2n) is 5.07. The van der Waals surface area contributed by atoms with Crippen molar-refractivity contribution >= 4 is 29.0 Å². The fourth-order valence-electron chi connectivity index (χ4n) is 2.24. The van der Waals surface area contributed by atoms with Gasteiger partial charge >= 0.3 is 0 Å². The van der Waals surface area contributed by atoms with Gasteiger partial charge in [-0.15, -0.1) is 11.3 Å². The number of hydrogen-bond donors (Lipinski definition) is 2. The lowest BCUT2D eigenvalue weighted by Crippen LogP contribution is -2.45. The maximum atomic E-state index is 12.1. The zero-order valence-electron chi connectivity index (χ0n) is 11.5. The van der Waals surface area contributed by atoms with Crippen molar-refractivity contribution in [1.29, 1.82) is 0 Å². The van der Waals surface area contributed by atoms with Crippen LogP contribution in [0.1, 0.15) is 39.9 Å². The highest BCUT2D eigenvalue weighted by Crippen LogP contribution is 2.27. The van der Waals surface area contributed by atoms with Crippen LogP contribution in [0.25, 0.3) is 0 Å². The molecule has 0 radical (unpaired) electrons. The number of carbonyl (C=O) groups excluding carboxylic acids is 1. The molecule has 2 rings (SSSR count). The molecule has 0 atom stereocenters. The van der Waals surface area contributed by atoms with Crippen molar-refractivity contribution in [3.05, 3.63) is 21.4 Å². The normalized spacial score (nSPS) is 18.3. The molecule has 1 saturated heterocycles. The number of thiophene rings is 1. The van der Waals surface area contributed by atoms with Crippen LogP contribution in [0.2, 0.25) is 0 Å². The van der Waals surface area contributed by atoms with Crippen molar-refractivity contribution in [1.82, 2.24) is 5.32 Å². The zero-order chi connectivity index (χ0) is 13.9. The minimum Gasteiger partial charge on any atom is -0.388 e. The Morgan fingerprint density at radius 2 is 2.16 bits per heavy atom. The molecule has 1 aliphatic rings. The summed E-state index contributed by atoms with van der Waals surface area (Å²) in [7, 11) is 0. The fraction of sp³-hybridized carbons (Fsp3) is 0.643. The summed E-state index contributed by atoms with van der Waals surface area (Å²) in [5, 5.41) is 13.2. The molecule has 1 aromatic rings. The molecular formula is C14H21NO2S2. The number of nitrogens with one attached hydrogen (secondary N) is 1. The summed E-state index contributed by atoms with van der Waals surface area (Å²) in [5.74, 6) is 1.90. The molecule has 0 bridgehead atoms. The summed E-state index contributed by atoms with van der Waals surface area (Å²) in [6.07, 6.45) is 2.49. The lowest BCUT2D eigenvalue weighted by atomic mass is 9.97. The maximum Gasteiger partial charge on any atom is 0.261 e. The zero-order valence-corrected chi connectivity index (χ0v) is 13.1. The van der Waals surface area contributed by atoms with Gasteiger partial charge in [0.15, 0.2) is 0 Å². The quantitative estimate of drug-likeness (QED) is 0.898. The Kier molecular flexibility index (Phi) is 4.92. The first-order valence-electron chi connectivity index (χ1n) is 6.72. The summed E-state index contributed by atoms with van der Waals surface area (Å²) >= 11 is 3.40. The first-order valence-corrected chi connectivity index (χ1v) is 8.69. The first kappa shape index (κ1) is 14.9. The number of rotatable bonds is 4. The predicted molar refractivity (Wildman–Crippen MR) is 82.3 cm³/mol. The van der Waals surface area contributed by atoms with Crippen LogP contribution in [-0.4, -0.2) is 34.7 Å². The Morgan fingerprint density at radius 1 is 1.47 bits per heavy atom. The molecule has 1 aromatic heterocycles. The number of hydrogen-bond acceptors (Lipinski definition) is 4. The summed E-state index contributed by atoms with van der Waals surface area (Å²) in [6, 6.07) is 1.97. The van der Waals surface area contributed by atoms with E-state index in [-0.39, 0.29) is 5.91 Å². The Bertz CT molecular complexity index is 450. The third kappa shape index (κ3) is 3.74. The third-order valence-electron chi connectivity index (χ3n) is 3.63. The Morgan fingerprint density at radius 3 is 2.74 bits per heavy atom. The van der Waals surface area contributed by atoms with Gasteiger partial charge in [-0.25, -0.2) is 0 Å². The van der Waals surface area contributed by atoms with Gasteiger partial charge in [0.2, 0.25) is 0 Å². The highest BCUT2D eigenvalue weighted by atomic mass is 32.2. The van der Waals surface area contributed by atoms with Crippen LogP contribution in [0.4, 0.5) is 0 Å². The van der Waals surface area contributed by atoms with Gasteiger partial charge in [0.25, 0.3) is 5.91 Å². The lowest BCUT2D eigenvalue weighted by Gasteiger charge is -2.31. The molecular weight excluding hydrogens is 278 g/mol. The largest absolute Gasteiger partial charge is 0.388 e. The molecule has 106 valence electrons. The van der Waals surface area contributed by atoms with E-state index in [0.717, 1.165) is 35.6 Å². The molecule has 19 heavy (non-hydrogen) atoms. The first-order chi connectivity index (χ1) is 9.04. The van der Waals surface area contributed by atoms with E-state index >= 15 is 0 Å². The molecule has 3 nitrogen and oxygen atoms in total. The molecule has 1 fully saturated rings. The molecule has 5 heteroatoms. The topological polar surface area (TPSA) is 49.3 Å². The van der Waals surface area contributed by atoms with Gasteiger partial charge in [-0.05, 0) is 49.3 Å². The third-order valence-corrected chi connectivity index (χ3v) is 5.70. The molecule has 0 aliphatic carbocycles. The maximum absolute atomic E-state index is 12.1. The molecule has 2 N–H and O–H groups in total. The Labute approximate surface area is 122 Å². The van der Waals surface area contributed by atoms with E-state index in [2.05, 4.69) is 12.2 Å². The molecule has 0 spiro atoms. The summed E-state index contributed by atoms with van der Waals surface area (Å²) in [4.78, 5) is 14.1. The SMILES string of the molecule is CCc1cc(C(=O)NCC2(O)CCSCC2)sc1C. The van der Waals surface area contributed by atoms with Gasteiger partial charge in [0.1, 0.15) is 0 Å². The molecule has 0 saturated carbocycles. The summed E-state index contributed by atoms with van der Waals surface area (Å²) in [6.45, 7) is 4.51. The standard InChI is InChI=1S/C14H21NO2S2/c1-3-11-8-12(19-10(11)2)13(16)15-9-14(17)4-6-18-7-5-14/h8,17H,3-7,9H2,1-2H3,(H,15,16). The molecule has 0 unspecified atom stereocenters. The minimum atomic E-state index is -0.708. The van der Waals surface area contributed by atoms with E-state index in [4.69, 9.17) is 0 Å². The van der Waals surface area contributed by atoms with Crippen LogP contribution < -0.4 is 5.32 Å². The fourth-order valence-corrected chi connectivity index (χ4v) is 4.53. The van der Waals surface area contributed by atoms with Crippen molar-refractivity contribution in [3.8, 4) is 0 Å². The minimum absolute atomic E-state index is 0.0561. The van der Waals surface area contributed by atoms with Crippen molar-refractivity contribution in [2.75, 3.05) is 18.1 Å². The van der Waals surface area contributed by atoms with E-state index in [9.17, 15) is 9.90 Å². The van der Waals surface area contributed by atoms with E-state index in [0.29, 0.717) is 6.54 Å². The van der Waals surface area contributed by atoms with E-state index in [1.165, 1.54) is 21.8 Å². The molecule has 0 aromatic carbocycles. The monoisotopic (exact) mass is 299 g/mol. The average Bonchev–Trinajstić information content (AvgIpc) is 2.78. The van der Waals surface area contributed by atoms with E-state index < -0.39 is 5.60 Å². The highest BCUT2D eigenvalue weighted by Gasteiger charge is 2.30. The number of carbonyl (C=O) groups is 1. The van der Waals surface area contributed by atoms with Gasteiger partial charge in [0, 0.05) is 11.4 Å². The number of aryl methyl sites for hydroxylation is 2. The predicted octanol–water partition coefficient (Wildman–Crippen LogP) is 2.61. The van der Waals surface area contributed by atoms with Crippen molar-refractivity contribution in [2.24, 2.45) is 0 Å². The second kappa shape index (κ2) is 6.29.